The number of fused-ring (bicyclic) bond motifs is 6. The van der Waals surface area contributed by atoms with Crippen molar-refractivity contribution in [3.8, 4) is 0 Å². The van der Waals surface area contributed by atoms with Crippen molar-refractivity contribution in [1.82, 2.24) is 58.1 Å². The van der Waals surface area contributed by atoms with Crippen LogP contribution in [-0.2, 0) is 19.6 Å². The maximum Gasteiger partial charge on any atom is 0.270 e. The Bertz CT molecular complexity index is 8000. The van der Waals surface area contributed by atoms with E-state index >= 15 is 0 Å². The van der Waals surface area contributed by atoms with Crippen LogP contribution in [0.3, 0.4) is 0 Å². The molecule has 0 aliphatic heterocycles. The summed E-state index contributed by atoms with van der Waals surface area (Å²) in [5.74, 6) is -2.54. The van der Waals surface area contributed by atoms with E-state index < -0.39 is 76.6 Å². The van der Waals surface area contributed by atoms with E-state index in [4.69, 9.17) is 0 Å². The fourth-order valence-electron chi connectivity index (χ4n) is 14.9. The summed E-state index contributed by atoms with van der Waals surface area (Å²) in [6.07, 6.45) is 5.32. The Hall–Kier alpha value is -19.7. The topological polar surface area (TPSA) is 562 Å². The van der Waals surface area contributed by atoms with E-state index in [0.29, 0.717) is 48.7 Å². The van der Waals surface area contributed by atoms with Gasteiger partial charge in [0.2, 0.25) is 35.7 Å². The molecular formula is C99H84F2N24O18. The first-order valence-electron chi connectivity index (χ1n) is 43.8. The number of allylic oxidation sites excluding steroid dienone is 1. The zero-order valence-corrected chi connectivity index (χ0v) is 76.3. The molecule has 0 atom stereocenters. The van der Waals surface area contributed by atoms with Crippen LogP contribution in [0.1, 0.15) is 119 Å². The number of nitro benzene ring substituents is 6. The Labute approximate surface area is 806 Å². The third-order valence-corrected chi connectivity index (χ3v) is 22.3. The highest BCUT2D eigenvalue weighted by Gasteiger charge is 2.27. The summed E-state index contributed by atoms with van der Waals surface area (Å²) in [6.45, 7) is 15.6. The fourth-order valence-corrected chi connectivity index (χ4v) is 14.9. The molecule has 1 saturated carbocycles. The van der Waals surface area contributed by atoms with Crippen LogP contribution in [0, 0.1) is 92.1 Å². The third-order valence-electron chi connectivity index (χ3n) is 22.3. The number of carbonyl (C=O) groups excluding carboxylic acids is 6. The average Bonchev–Trinajstić information content (AvgIpc) is 1.66. The molecule has 0 bridgehead atoms. The predicted molar refractivity (Wildman–Crippen MR) is 530 cm³/mol. The molecule has 18 aromatic rings. The molecule has 0 unspecified atom stereocenters. The van der Waals surface area contributed by atoms with Crippen molar-refractivity contribution >= 4 is 171 Å². The van der Waals surface area contributed by atoms with Crippen LogP contribution in [0.4, 0.5) is 78.6 Å². The number of imidazole rings is 6. The van der Waals surface area contributed by atoms with Crippen LogP contribution >= 0.6 is 0 Å². The highest BCUT2D eigenvalue weighted by Crippen LogP contribution is 2.34. The minimum atomic E-state index is -1.13. The second kappa shape index (κ2) is 44.4. The number of aromatic amines is 2. The van der Waals surface area contributed by atoms with Gasteiger partial charge >= 0.3 is 0 Å². The number of nitro groups is 6. The van der Waals surface area contributed by atoms with E-state index in [1.807, 2.05) is 162 Å². The molecule has 722 valence electrons. The number of benzene rings is 12. The number of anilines is 6. The second-order valence-electron chi connectivity index (χ2n) is 32.2. The lowest BCUT2D eigenvalue weighted by Gasteiger charge is -2.26. The van der Waals surface area contributed by atoms with Gasteiger partial charge in [-0.25, -0.2) is 38.7 Å². The molecule has 44 heteroatoms. The van der Waals surface area contributed by atoms with E-state index in [2.05, 4.69) is 78.4 Å². The third kappa shape index (κ3) is 23.9. The molecule has 42 nitrogen and oxygen atoms in total. The Balaban J connectivity index is 0.000000136. The van der Waals surface area contributed by atoms with Gasteiger partial charge in [0.25, 0.3) is 69.6 Å². The molecule has 12 aromatic carbocycles. The van der Waals surface area contributed by atoms with Crippen molar-refractivity contribution in [2.45, 2.75) is 79.6 Å². The average molecular weight is 1940 g/mol. The van der Waals surface area contributed by atoms with Gasteiger partial charge in [0.1, 0.15) is 5.52 Å². The number of amides is 6. The summed E-state index contributed by atoms with van der Waals surface area (Å²) in [5.41, 5.74) is 10.8. The largest absolute Gasteiger partial charge is 0.324 e. The van der Waals surface area contributed by atoms with Gasteiger partial charge < -0.3 is 28.2 Å². The van der Waals surface area contributed by atoms with Gasteiger partial charge in [-0.15, -0.1) is 6.58 Å². The van der Waals surface area contributed by atoms with Gasteiger partial charge in [-0.2, -0.15) is 0 Å². The molecule has 1 aliphatic rings. The highest BCUT2D eigenvalue weighted by molar-refractivity contribution is 6.09. The van der Waals surface area contributed by atoms with Crippen LogP contribution in [0.2, 0.25) is 0 Å². The summed E-state index contributed by atoms with van der Waals surface area (Å²) in [6, 6.07) is 69.7. The van der Waals surface area contributed by atoms with Crippen LogP contribution < -0.4 is 31.9 Å². The monoisotopic (exact) mass is 1930 g/mol. The molecular weight excluding hydrogens is 1850 g/mol. The quantitative estimate of drug-likeness (QED) is 0.0158. The minimum absolute atomic E-state index is 0.0336. The van der Waals surface area contributed by atoms with Crippen molar-refractivity contribution in [2.75, 3.05) is 31.9 Å². The first kappa shape index (κ1) is 99.3. The van der Waals surface area contributed by atoms with E-state index in [1.165, 1.54) is 159 Å². The molecule has 6 heterocycles. The number of para-hydroxylation sites is 8. The molecule has 0 saturated heterocycles. The number of hydrogen-bond donors (Lipinski definition) is 8. The fraction of sp³-hybridized carbons (Fsp3) is 0.131. The van der Waals surface area contributed by atoms with Gasteiger partial charge in [-0.05, 0) is 174 Å². The number of halogens is 2. The van der Waals surface area contributed by atoms with E-state index in [0.717, 1.165) is 85.0 Å². The van der Waals surface area contributed by atoms with Crippen molar-refractivity contribution in [2.24, 2.45) is 5.92 Å². The van der Waals surface area contributed by atoms with Crippen molar-refractivity contribution < 1.29 is 67.1 Å². The lowest BCUT2D eigenvalue weighted by atomic mass is 9.85. The maximum atomic E-state index is 13.6. The molecule has 6 aromatic heterocycles. The molecule has 1 aliphatic carbocycles. The first-order valence-corrected chi connectivity index (χ1v) is 43.8. The van der Waals surface area contributed by atoms with Crippen molar-refractivity contribution in [3.63, 3.8) is 0 Å². The zero-order valence-electron chi connectivity index (χ0n) is 76.3. The molecule has 6 amide bonds. The lowest BCUT2D eigenvalue weighted by molar-refractivity contribution is -0.385. The summed E-state index contributed by atoms with van der Waals surface area (Å²) < 4.78 is 34.3. The molecule has 143 heavy (non-hydrogen) atoms. The summed E-state index contributed by atoms with van der Waals surface area (Å²) in [4.78, 5) is 167. The van der Waals surface area contributed by atoms with Crippen LogP contribution in [0.15, 0.2) is 280 Å². The number of H-pyrrole nitrogens is 2. The summed E-state index contributed by atoms with van der Waals surface area (Å²) in [7, 11) is 0. The maximum absolute atomic E-state index is 13.6. The number of rotatable bonds is 24. The Morgan fingerprint density at radius 3 is 1.08 bits per heavy atom. The summed E-state index contributed by atoms with van der Waals surface area (Å²) in [5, 5.41) is 80.9. The number of aryl methyl sites for hydroxylation is 3. The van der Waals surface area contributed by atoms with E-state index in [1.54, 1.807) is 12.1 Å². The number of aromatic nitrogens is 12. The standard InChI is InChI=1S/C19H18N4O3.C17H16N4O3.C17H14N4O3.2C16H14N4O3.C14H8F2N4O3/c24-18(14-7-4-8-15(11-14)23(25)26)21-19-20-16-9-1-2-10-17(16)22(19)12-13-5-3-6-13;1-11(2)20-15-9-4-3-8-14(15)18-17(20)19-16(22)12-6-5-7-13(10-12)21(23)24;1-2-10-20-15-9-4-3-8-14(15)18-17(20)19-16(22)12-6-5-7-13(11-12)21(23)24;1-9-6-13-14(7-10(9)2)18-16(17-13)19-15(21)11-4-3-5-12(8-11)20(22)23;1-2-19-14-9-4-3-8-13(14)17-16(19)18-15(21)11-6-5-7-12(10-11)20(22)23;15-9-4-5-10-12(11(9)16)18-14(17-10)19-13(21)7-2-1-3-8(6-7)20(22)23/h1-2,4,7-11,13H,3,5-6,12H2,(H,20,21,24);3-11H,1-2H3,(H,18,19,22);2-9,11H,1,10H2,(H,18,19,22);3-8H,1-2H3,(H2,17,18,19,21);3-10H,2H2,1H3,(H,17,18,21);1-6H,(H2,17,18,19,21). The Morgan fingerprint density at radius 1 is 0.385 bits per heavy atom. The molecule has 0 spiro atoms. The predicted octanol–water partition coefficient (Wildman–Crippen LogP) is 20.7. The van der Waals surface area contributed by atoms with Crippen molar-refractivity contribution in [3.05, 3.63) is 396 Å². The van der Waals surface area contributed by atoms with E-state index in [9.17, 15) is 98.2 Å². The van der Waals surface area contributed by atoms with Crippen molar-refractivity contribution in [1.29, 1.82) is 0 Å². The van der Waals surface area contributed by atoms with Gasteiger partial charge in [-0.1, -0.05) is 97.4 Å². The molecule has 0 radical (unpaired) electrons. The first-order chi connectivity index (χ1) is 68.7. The normalized spacial score (nSPS) is 11.3. The van der Waals surface area contributed by atoms with Crippen LogP contribution in [0.25, 0.3) is 66.2 Å². The van der Waals surface area contributed by atoms with Gasteiger partial charge in [0, 0.05) is 132 Å². The van der Waals surface area contributed by atoms with Crippen LogP contribution in [0.5, 0.6) is 0 Å². The van der Waals surface area contributed by atoms with E-state index in [-0.39, 0.29) is 90.5 Å². The minimum Gasteiger partial charge on any atom is -0.324 e. The molecule has 19 rings (SSSR count). The van der Waals surface area contributed by atoms with Gasteiger partial charge in [-0.3, -0.25) is 121 Å². The highest BCUT2D eigenvalue weighted by atomic mass is 19.2. The number of nitrogens with one attached hydrogen (secondary N) is 8. The Kier molecular flexibility index (Phi) is 30.8. The SMILES string of the molecule is C=CCn1c(NC(=O)c2cccc([N+](=O)[O-])c2)nc2ccccc21.CC(C)n1c(NC(=O)c2cccc([N+](=O)[O-])c2)nc2ccccc21.CCn1c(NC(=O)c2cccc([N+](=O)[O-])c2)nc2ccccc21.Cc1cc2nc(NC(=O)c3cccc([N+](=O)[O-])c3)[nH]c2cc1C.O=C(Nc1nc2c(F)c(F)ccc2[nH]1)c1cccc([N+](=O)[O-])c1.O=C(Nc1nc2ccccc2n1CC1CCC1)c1cccc([N+](=O)[O-])c1. The van der Waals surface area contributed by atoms with Crippen LogP contribution in [-0.4, -0.2) is 123 Å². The Morgan fingerprint density at radius 2 is 0.706 bits per heavy atom. The van der Waals surface area contributed by atoms with Gasteiger partial charge in [0.15, 0.2) is 11.6 Å². The number of carbonyl (C=O) groups is 6. The second-order valence-corrected chi connectivity index (χ2v) is 32.2. The number of non-ortho nitro benzene ring substituents is 6. The molecule has 1 fully saturated rings. The number of hydrogen-bond acceptors (Lipinski definition) is 24. The van der Waals surface area contributed by atoms with Gasteiger partial charge in [0.05, 0.1) is 90.2 Å². The number of nitrogens with zero attached hydrogens (tertiary/aromatic N) is 16. The summed E-state index contributed by atoms with van der Waals surface area (Å²) >= 11 is 0. The lowest BCUT2D eigenvalue weighted by Crippen LogP contribution is -2.21. The zero-order chi connectivity index (χ0) is 102. The molecule has 8 N–H and O–H groups in total. The smallest absolute Gasteiger partial charge is 0.270 e.